The number of nitrogens with one attached hydrogen (secondary N) is 2. The third-order valence-corrected chi connectivity index (χ3v) is 5.81. The van der Waals surface area contributed by atoms with Crippen molar-refractivity contribution in [3.63, 3.8) is 0 Å². The minimum Gasteiger partial charge on any atom is -0.497 e. The molecule has 0 bridgehead atoms. The number of carbonyl (C=O) groups is 1. The van der Waals surface area contributed by atoms with E-state index in [1.807, 2.05) is 20.8 Å². The fraction of sp³-hybridized carbons (Fsp3) is 0.381. The molecule has 0 spiro atoms. The molecule has 2 aromatic carbocycles. The number of hydrogen-bond acceptors (Lipinski definition) is 5. The number of methoxy groups -OCH3 is 2. The molecule has 0 saturated carbocycles. The number of hydrogen-bond donors (Lipinski definition) is 2. The van der Waals surface area contributed by atoms with E-state index in [2.05, 4.69) is 10.0 Å². The van der Waals surface area contributed by atoms with Crippen LogP contribution in [0, 0.1) is 12.8 Å². The number of carbonyl (C=O) groups excluding carboxylic acids is 1. The lowest BCUT2D eigenvalue weighted by Crippen LogP contribution is -2.44. The number of benzene rings is 2. The Balaban J connectivity index is 2.25. The highest BCUT2D eigenvalue weighted by Gasteiger charge is 2.27. The van der Waals surface area contributed by atoms with Crippen molar-refractivity contribution in [2.75, 3.05) is 19.5 Å². The van der Waals surface area contributed by atoms with Crippen LogP contribution in [0.4, 0.5) is 5.69 Å². The Kier molecular flexibility index (Phi) is 7.64. The zero-order valence-electron chi connectivity index (χ0n) is 17.4. The van der Waals surface area contributed by atoms with Gasteiger partial charge < -0.3 is 14.8 Å². The largest absolute Gasteiger partial charge is 0.497 e. The van der Waals surface area contributed by atoms with Crippen LogP contribution in [-0.4, -0.2) is 34.6 Å². The molecule has 1 atom stereocenters. The van der Waals surface area contributed by atoms with E-state index in [9.17, 15) is 13.2 Å². The van der Waals surface area contributed by atoms with Crippen LogP contribution >= 0.6 is 0 Å². The number of anilines is 1. The Labute approximate surface area is 172 Å². The van der Waals surface area contributed by atoms with Crippen molar-refractivity contribution in [2.45, 2.75) is 38.1 Å². The molecule has 2 rings (SSSR count). The van der Waals surface area contributed by atoms with E-state index in [0.29, 0.717) is 23.6 Å². The lowest BCUT2D eigenvalue weighted by atomic mass is 10.0. The van der Waals surface area contributed by atoms with Crippen molar-refractivity contribution >= 4 is 21.6 Å². The first-order chi connectivity index (χ1) is 13.7. The molecular weight excluding hydrogens is 392 g/mol. The molecule has 0 aliphatic rings. The van der Waals surface area contributed by atoms with Gasteiger partial charge in [-0.3, -0.25) is 4.79 Å². The predicted molar refractivity (Wildman–Crippen MR) is 113 cm³/mol. The molecule has 0 radical (unpaired) electrons. The maximum Gasteiger partial charge on any atom is 0.242 e. The fourth-order valence-electron chi connectivity index (χ4n) is 2.77. The van der Waals surface area contributed by atoms with Gasteiger partial charge in [0.25, 0.3) is 0 Å². The Morgan fingerprint density at radius 1 is 1.03 bits per heavy atom. The summed E-state index contributed by atoms with van der Waals surface area (Å²) in [6, 6.07) is 10.5. The average Bonchev–Trinajstić information content (AvgIpc) is 2.67. The summed E-state index contributed by atoms with van der Waals surface area (Å²) in [6.45, 7) is 5.73. The Morgan fingerprint density at radius 2 is 1.69 bits per heavy atom. The van der Waals surface area contributed by atoms with Crippen molar-refractivity contribution in [1.82, 2.24) is 4.72 Å². The minimum atomic E-state index is -3.85. The maximum atomic E-state index is 12.9. The summed E-state index contributed by atoms with van der Waals surface area (Å²) in [4.78, 5) is 13.0. The maximum absolute atomic E-state index is 12.9. The molecule has 0 fully saturated rings. The standard InChI is InChI=1S/C21H28N2O5S/c1-14(2)12-19(23-29(25,26)17-9-6-15(3)7-10-17)21(24)22-18-11-8-16(27-4)13-20(18)28-5/h6-11,13-14,19,23H,12H2,1-5H3,(H,22,24)/t19-/m0/s1. The van der Waals surface area contributed by atoms with Crippen molar-refractivity contribution in [2.24, 2.45) is 5.92 Å². The van der Waals surface area contributed by atoms with Crippen molar-refractivity contribution in [1.29, 1.82) is 0 Å². The highest BCUT2D eigenvalue weighted by molar-refractivity contribution is 7.89. The SMILES string of the molecule is COc1ccc(NC(=O)[C@H](CC(C)C)NS(=O)(=O)c2ccc(C)cc2)c(OC)c1. The summed E-state index contributed by atoms with van der Waals surface area (Å²) in [6.07, 6.45) is 0.343. The second kappa shape index (κ2) is 9.76. The Hall–Kier alpha value is -2.58. The summed E-state index contributed by atoms with van der Waals surface area (Å²) in [5.74, 6) is 0.642. The molecule has 8 heteroatoms. The van der Waals surface area contributed by atoms with E-state index in [0.717, 1.165) is 5.56 Å². The van der Waals surface area contributed by atoms with Crippen LogP contribution in [0.5, 0.6) is 11.5 Å². The van der Waals surface area contributed by atoms with Gasteiger partial charge in [-0.05, 0) is 43.5 Å². The first-order valence-corrected chi connectivity index (χ1v) is 10.8. The van der Waals surface area contributed by atoms with Gasteiger partial charge >= 0.3 is 0 Å². The first-order valence-electron chi connectivity index (χ1n) is 9.28. The van der Waals surface area contributed by atoms with Crippen LogP contribution < -0.4 is 19.5 Å². The third-order valence-electron chi connectivity index (χ3n) is 4.32. The van der Waals surface area contributed by atoms with Crippen LogP contribution in [0.3, 0.4) is 0 Å². The minimum absolute atomic E-state index is 0.101. The molecule has 7 nitrogen and oxygen atoms in total. The van der Waals surface area contributed by atoms with Gasteiger partial charge in [-0.15, -0.1) is 0 Å². The van der Waals surface area contributed by atoms with E-state index in [-0.39, 0.29) is 10.8 Å². The Bertz CT molecular complexity index is 940. The lowest BCUT2D eigenvalue weighted by molar-refractivity contribution is -0.118. The summed E-state index contributed by atoms with van der Waals surface area (Å²) in [5, 5.41) is 2.75. The summed E-state index contributed by atoms with van der Waals surface area (Å²) >= 11 is 0. The molecule has 158 valence electrons. The zero-order valence-corrected chi connectivity index (χ0v) is 18.2. The molecule has 2 N–H and O–H groups in total. The monoisotopic (exact) mass is 420 g/mol. The van der Waals surface area contributed by atoms with Gasteiger partial charge in [0, 0.05) is 6.07 Å². The second-order valence-electron chi connectivity index (χ2n) is 7.17. The van der Waals surface area contributed by atoms with Gasteiger partial charge in [-0.1, -0.05) is 31.5 Å². The van der Waals surface area contributed by atoms with Crippen LogP contribution in [0.1, 0.15) is 25.8 Å². The van der Waals surface area contributed by atoms with Crippen LogP contribution in [0.25, 0.3) is 0 Å². The molecule has 0 heterocycles. The van der Waals surface area contributed by atoms with Gasteiger partial charge in [-0.2, -0.15) is 4.72 Å². The Morgan fingerprint density at radius 3 is 2.24 bits per heavy atom. The lowest BCUT2D eigenvalue weighted by Gasteiger charge is -2.21. The zero-order chi connectivity index (χ0) is 21.6. The van der Waals surface area contributed by atoms with E-state index in [1.165, 1.54) is 26.4 Å². The van der Waals surface area contributed by atoms with E-state index < -0.39 is 22.0 Å². The number of ether oxygens (including phenoxy) is 2. The topological polar surface area (TPSA) is 93.7 Å². The summed E-state index contributed by atoms with van der Waals surface area (Å²) < 4.78 is 38.5. The molecule has 0 aromatic heterocycles. The fourth-order valence-corrected chi connectivity index (χ4v) is 3.98. The summed E-state index contributed by atoms with van der Waals surface area (Å²) in [5.41, 5.74) is 1.38. The van der Waals surface area contributed by atoms with Crippen LogP contribution in [0.15, 0.2) is 47.4 Å². The molecule has 0 unspecified atom stereocenters. The van der Waals surface area contributed by atoms with Crippen molar-refractivity contribution < 1.29 is 22.7 Å². The molecule has 0 aliphatic carbocycles. The number of rotatable bonds is 9. The summed E-state index contributed by atoms with van der Waals surface area (Å²) in [7, 11) is -0.832. The number of aryl methyl sites for hydroxylation is 1. The molecule has 0 aliphatic heterocycles. The average molecular weight is 421 g/mol. The first kappa shape index (κ1) is 22.7. The number of amides is 1. The van der Waals surface area contributed by atoms with Gasteiger partial charge in [0.1, 0.15) is 17.5 Å². The van der Waals surface area contributed by atoms with Gasteiger partial charge in [0.05, 0.1) is 24.8 Å². The van der Waals surface area contributed by atoms with E-state index in [4.69, 9.17) is 9.47 Å². The molecule has 0 saturated heterocycles. The smallest absolute Gasteiger partial charge is 0.242 e. The quantitative estimate of drug-likeness (QED) is 0.649. The van der Waals surface area contributed by atoms with Gasteiger partial charge in [0.15, 0.2) is 0 Å². The second-order valence-corrected chi connectivity index (χ2v) is 8.89. The van der Waals surface area contributed by atoms with E-state index >= 15 is 0 Å². The van der Waals surface area contributed by atoms with E-state index in [1.54, 1.807) is 30.3 Å². The molecule has 2 aromatic rings. The molecule has 1 amide bonds. The van der Waals surface area contributed by atoms with Crippen molar-refractivity contribution in [3.8, 4) is 11.5 Å². The highest BCUT2D eigenvalue weighted by Crippen LogP contribution is 2.29. The number of sulfonamides is 1. The molecule has 29 heavy (non-hydrogen) atoms. The normalized spacial score (nSPS) is 12.5. The van der Waals surface area contributed by atoms with Crippen molar-refractivity contribution in [3.05, 3.63) is 48.0 Å². The highest BCUT2D eigenvalue weighted by atomic mass is 32.2. The third kappa shape index (κ3) is 6.20. The van der Waals surface area contributed by atoms with Crippen LogP contribution in [0.2, 0.25) is 0 Å². The van der Waals surface area contributed by atoms with Crippen LogP contribution in [-0.2, 0) is 14.8 Å². The van der Waals surface area contributed by atoms with Gasteiger partial charge in [0.2, 0.25) is 15.9 Å². The van der Waals surface area contributed by atoms with Gasteiger partial charge in [-0.25, -0.2) is 8.42 Å². The predicted octanol–water partition coefficient (Wildman–Crippen LogP) is 3.34. The molecular formula is C21H28N2O5S.